The molecule has 0 saturated heterocycles. The van der Waals surface area contributed by atoms with Gasteiger partial charge in [0.1, 0.15) is 6.17 Å². The first-order valence-corrected chi connectivity index (χ1v) is 9.72. The van der Waals surface area contributed by atoms with Crippen LogP contribution in [0.25, 0.3) is 0 Å². The number of alkyl halides is 1. The maximum Gasteiger partial charge on any atom is 0.111 e. The van der Waals surface area contributed by atoms with E-state index in [4.69, 9.17) is 17.4 Å². The molecule has 0 radical (unpaired) electrons. The minimum atomic E-state index is 0.0496. The van der Waals surface area contributed by atoms with Crippen LogP contribution in [0.4, 0.5) is 0 Å². The number of hydrogen-bond acceptors (Lipinski definition) is 3. The molecular weight excluding hydrogens is 313 g/mol. The number of hydrogen-bond donors (Lipinski definition) is 1. The number of allylic oxidation sites excluding steroid dienone is 4. The highest BCUT2D eigenvalue weighted by Crippen LogP contribution is 2.32. The lowest BCUT2D eigenvalue weighted by molar-refractivity contribution is 0.275. The Morgan fingerprint density at radius 2 is 2.09 bits per heavy atom. The van der Waals surface area contributed by atoms with Crippen LogP contribution < -0.4 is 5.84 Å². The van der Waals surface area contributed by atoms with Gasteiger partial charge in [0, 0.05) is 13.3 Å². The van der Waals surface area contributed by atoms with Crippen LogP contribution in [0.15, 0.2) is 28.0 Å². The summed E-state index contributed by atoms with van der Waals surface area (Å²) in [5.74, 6) is 5.64. The zero-order chi connectivity index (χ0) is 17.0. The summed E-state index contributed by atoms with van der Waals surface area (Å²) >= 11 is 6.31. The first-order valence-electron chi connectivity index (χ1n) is 8.08. The second-order valence-electron chi connectivity index (χ2n) is 5.71. The van der Waals surface area contributed by atoms with E-state index in [9.17, 15) is 0 Å². The van der Waals surface area contributed by atoms with Crippen molar-refractivity contribution in [3.63, 3.8) is 0 Å². The van der Waals surface area contributed by atoms with E-state index < -0.39 is 0 Å². The standard InChI is InChI=1S/C17H33ClN3P/c1-6-7-9-16(18)10-11-17(14(2)3)22-13-8-12-20-15(4)21(5)19/h7,9,12,15-16,22H,6,8,10-11,13,19H2,1-5H3/b9-7-,20-12-. The molecule has 0 fully saturated rings. The van der Waals surface area contributed by atoms with E-state index in [0.717, 1.165) is 40.4 Å². The van der Waals surface area contributed by atoms with Gasteiger partial charge < -0.3 is 0 Å². The van der Waals surface area contributed by atoms with Gasteiger partial charge in [-0.25, -0.2) is 5.01 Å². The number of aliphatic imine (C=N–C) groups is 1. The van der Waals surface area contributed by atoms with Gasteiger partial charge in [-0.05, 0) is 52.6 Å². The number of rotatable bonds is 11. The van der Waals surface area contributed by atoms with Gasteiger partial charge >= 0.3 is 0 Å². The molecule has 128 valence electrons. The van der Waals surface area contributed by atoms with Crippen LogP contribution in [-0.2, 0) is 0 Å². The molecule has 0 aromatic carbocycles. The van der Waals surface area contributed by atoms with E-state index in [0.29, 0.717) is 0 Å². The van der Waals surface area contributed by atoms with Crippen molar-refractivity contribution >= 4 is 26.4 Å². The molecule has 0 amide bonds. The summed E-state index contributed by atoms with van der Waals surface area (Å²) in [4.78, 5) is 4.41. The van der Waals surface area contributed by atoms with E-state index in [1.54, 1.807) is 10.3 Å². The van der Waals surface area contributed by atoms with Crippen molar-refractivity contribution in [2.45, 2.75) is 64.9 Å². The van der Waals surface area contributed by atoms with Crippen LogP contribution in [0.5, 0.6) is 0 Å². The van der Waals surface area contributed by atoms with Crippen molar-refractivity contribution in [2.24, 2.45) is 10.8 Å². The molecule has 0 rings (SSSR count). The van der Waals surface area contributed by atoms with Crippen LogP contribution in [0.2, 0.25) is 0 Å². The summed E-state index contributed by atoms with van der Waals surface area (Å²) in [5.41, 5.74) is 1.44. The average molecular weight is 346 g/mol. The van der Waals surface area contributed by atoms with E-state index >= 15 is 0 Å². The van der Waals surface area contributed by atoms with Crippen molar-refractivity contribution in [3.05, 3.63) is 23.0 Å². The molecule has 0 aliphatic carbocycles. The third-order valence-corrected chi connectivity index (χ3v) is 5.46. The summed E-state index contributed by atoms with van der Waals surface area (Å²) in [5, 5.41) is 3.33. The number of hydrazine groups is 1. The average Bonchev–Trinajstić information content (AvgIpc) is 2.46. The molecule has 2 N–H and O–H groups in total. The smallest absolute Gasteiger partial charge is 0.111 e. The summed E-state index contributed by atoms with van der Waals surface area (Å²) in [6.07, 6.45) is 11.6. The molecule has 0 saturated carbocycles. The molecule has 3 nitrogen and oxygen atoms in total. The zero-order valence-electron chi connectivity index (χ0n) is 14.8. The fourth-order valence-electron chi connectivity index (χ4n) is 1.80. The molecular formula is C17H33ClN3P. The predicted octanol–water partition coefficient (Wildman–Crippen LogP) is 4.93. The summed E-state index contributed by atoms with van der Waals surface area (Å²) in [6, 6.07) is 0. The van der Waals surface area contributed by atoms with Gasteiger partial charge in [0.2, 0.25) is 0 Å². The molecule has 0 aliphatic heterocycles. The molecule has 0 aromatic heterocycles. The minimum Gasteiger partial charge on any atom is -0.278 e. The first-order chi connectivity index (χ1) is 10.4. The van der Waals surface area contributed by atoms with Crippen molar-refractivity contribution in [2.75, 3.05) is 13.2 Å². The lowest BCUT2D eigenvalue weighted by Gasteiger charge is -2.14. The molecule has 5 heteroatoms. The Hall–Kier alpha value is -0.210. The van der Waals surface area contributed by atoms with Gasteiger partial charge in [0.15, 0.2) is 0 Å². The van der Waals surface area contributed by atoms with Crippen LogP contribution in [0.3, 0.4) is 0 Å². The van der Waals surface area contributed by atoms with Crippen molar-refractivity contribution in [1.29, 1.82) is 0 Å². The van der Waals surface area contributed by atoms with E-state index in [-0.39, 0.29) is 11.5 Å². The molecule has 0 aromatic rings. The van der Waals surface area contributed by atoms with Crippen LogP contribution in [0.1, 0.15) is 53.4 Å². The lowest BCUT2D eigenvalue weighted by atomic mass is 10.1. The maximum absolute atomic E-state index is 6.31. The Morgan fingerprint density at radius 1 is 1.41 bits per heavy atom. The topological polar surface area (TPSA) is 41.6 Å². The van der Waals surface area contributed by atoms with Gasteiger partial charge in [-0.2, -0.15) is 0 Å². The Balaban J connectivity index is 4.13. The highest BCUT2D eigenvalue weighted by Gasteiger charge is 2.05. The predicted molar refractivity (Wildman–Crippen MR) is 104 cm³/mol. The van der Waals surface area contributed by atoms with Crippen molar-refractivity contribution < 1.29 is 0 Å². The quantitative estimate of drug-likeness (QED) is 0.110. The van der Waals surface area contributed by atoms with Crippen LogP contribution in [-0.4, -0.2) is 36.0 Å². The molecule has 0 aliphatic rings. The Morgan fingerprint density at radius 3 is 2.64 bits per heavy atom. The van der Waals surface area contributed by atoms with Gasteiger partial charge in [-0.3, -0.25) is 10.8 Å². The third kappa shape index (κ3) is 11.4. The zero-order valence-corrected chi connectivity index (χ0v) is 16.5. The van der Waals surface area contributed by atoms with E-state index in [2.05, 4.69) is 37.9 Å². The second-order valence-corrected chi connectivity index (χ2v) is 7.73. The number of nitrogens with zero attached hydrogens (tertiary/aromatic N) is 2. The fraction of sp³-hybridized carbons (Fsp3) is 0.706. The van der Waals surface area contributed by atoms with Crippen LogP contribution >= 0.6 is 20.2 Å². The third-order valence-electron chi connectivity index (χ3n) is 3.38. The number of halogens is 1. The molecule has 22 heavy (non-hydrogen) atoms. The highest BCUT2D eigenvalue weighted by atomic mass is 35.5. The fourth-order valence-corrected chi connectivity index (χ4v) is 3.26. The largest absolute Gasteiger partial charge is 0.278 e. The Labute approximate surface area is 143 Å². The lowest BCUT2D eigenvalue weighted by Crippen LogP contribution is -2.33. The Kier molecular flexibility index (Phi) is 13.1. The first kappa shape index (κ1) is 21.8. The summed E-state index contributed by atoms with van der Waals surface area (Å²) < 4.78 is 0. The second kappa shape index (κ2) is 13.2. The normalized spacial score (nSPS) is 15.5. The molecule has 0 heterocycles. The van der Waals surface area contributed by atoms with Crippen molar-refractivity contribution in [1.82, 2.24) is 5.01 Å². The summed E-state index contributed by atoms with van der Waals surface area (Å²) in [7, 11) is 2.70. The van der Waals surface area contributed by atoms with Gasteiger partial charge in [-0.15, -0.1) is 11.6 Å². The molecule has 0 spiro atoms. The number of nitrogens with two attached hydrogens (primary N) is 1. The van der Waals surface area contributed by atoms with Crippen LogP contribution in [0, 0.1) is 0 Å². The van der Waals surface area contributed by atoms with E-state index in [1.807, 2.05) is 20.2 Å². The Bertz CT molecular complexity index is 374. The van der Waals surface area contributed by atoms with Gasteiger partial charge in [0.25, 0.3) is 0 Å². The minimum absolute atomic E-state index is 0.0496. The van der Waals surface area contributed by atoms with Crippen molar-refractivity contribution in [3.8, 4) is 0 Å². The van der Waals surface area contributed by atoms with E-state index in [1.165, 1.54) is 5.57 Å². The maximum atomic E-state index is 6.31. The molecule has 0 bridgehead atoms. The molecule has 3 unspecified atom stereocenters. The monoisotopic (exact) mass is 345 g/mol. The van der Waals surface area contributed by atoms with Gasteiger partial charge in [-0.1, -0.05) is 38.5 Å². The SMILES string of the molecule is CC/C=C\C(Cl)CCC(PCC/C=N\C(C)N(C)N)=C(C)C. The summed E-state index contributed by atoms with van der Waals surface area (Å²) in [6.45, 7) is 8.53. The van der Waals surface area contributed by atoms with Gasteiger partial charge in [0.05, 0.1) is 5.38 Å². The highest BCUT2D eigenvalue weighted by molar-refractivity contribution is 7.43. The molecule has 3 atom stereocenters.